The van der Waals surface area contributed by atoms with Gasteiger partial charge in [0.1, 0.15) is 0 Å². The second kappa shape index (κ2) is 14.7. The largest absolute Gasteiger partial charge is 0.481 e. The third-order valence-corrected chi connectivity index (χ3v) is 7.07. The molecule has 0 bridgehead atoms. The Balaban J connectivity index is 1.61. The lowest BCUT2D eigenvalue weighted by molar-refractivity contribution is 0.190. The summed E-state index contributed by atoms with van der Waals surface area (Å²) >= 11 is 13.7. The normalized spacial score (nSPS) is 12.7. The standard InChI is InChI=1S/C30H33Cl2FN6O3/c1-17(40)13-34-15-19-9-11-37-29(27(19)33)38-24-6-4-5-22(25(24)31)28-26(32)21(10-12-36-28)23-8-7-20(30(39-23)42-3)16-35-14-18(2)41/h4-12,17-18,34-35,40-41H,13-16H2,1-3H3,(H,37,38)/t17-,18+/m1/s1. The van der Waals surface area contributed by atoms with Gasteiger partial charge >= 0.3 is 0 Å². The number of hydrogen-bond donors (Lipinski definition) is 5. The molecule has 9 nitrogen and oxygen atoms in total. The van der Waals surface area contributed by atoms with Crippen LogP contribution in [0.4, 0.5) is 15.9 Å². The van der Waals surface area contributed by atoms with Crippen molar-refractivity contribution in [3.63, 3.8) is 0 Å². The lowest BCUT2D eigenvalue weighted by Crippen LogP contribution is -2.24. The van der Waals surface area contributed by atoms with E-state index in [1.807, 2.05) is 12.1 Å². The Morgan fingerprint density at radius 2 is 1.55 bits per heavy atom. The van der Waals surface area contributed by atoms with Crippen molar-refractivity contribution in [1.82, 2.24) is 25.6 Å². The van der Waals surface area contributed by atoms with Gasteiger partial charge in [0.2, 0.25) is 5.88 Å². The van der Waals surface area contributed by atoms with Crippen molar-refractivity contribution in [2.24, 2.45) is 0 Å². The molecule has 4 aromatic rings. The molecular weight excluding hydrogens is 582 g/mol. The van der Waals surface area contributed by atoms with Gasteiger partial charge < -0.3 is 30.9 Å². The Morgan fingerprint density at radius 1 is 0.857 bits per heavy atom. The summed E-state index contributed by atoms with van der Waals surface area (Å²) in [6.07, 6.45) is 2.10. The van der Waals surface area contributed by atoms with Crippen LogP contribution in [-0.4, -0.2) is 57.6 Å². The van der Waals surface area contributed by atoms with E-state index in [1.165, 1.54) is 6.20 Å². The summed E-state index contributed by atoms with van der Waals surface area (Å²) in [6.45, 7) is 4.83. The third-order valence-electron chi connectivity index (χ3n) is 6.28. The lowest BCUT2D eigenvalue weighted by atomic mass is 10.1. The summed E-state index contributed by atoms with van der Waals surface area (Å²) in [5.41, 5.74) is 3.82. The summed E-state index contributed by atoms with van der Waals surface area (Å²) < 4.78 is 20.7. The summed E-state index contributed by atoms with van der Waals surface area (Å²) in [6, 6.07) is 12.3. The van der Waals surface area contributed by atoms with Crippen molar-refractivity contribution in [3.05, 3.63) is 81.8 Å². The van der Waals surface area contributed by atoms with Crippen LogP contribution in [0.2, 0.25) is 10.0 Å². The van der Waals surface area contributed by atoms with E-state index in [2.05, 4.69) is 30.9 Å². The quantitative estimate of drug-likeness (QED) is 0.136. The van der Waals surface area contributed by atoms with Crippen molar-refractivity contribution < 1.29 is 19.3 Å². The maximum atomic E-state index is 15.2. The molecule has 3 aromatic heterocycles. The number of nitrogens with one attached hydrogen (secondary N) is 3. The van der Waals surface area contributed by atoms with Crippen molar-refractivity contribution in [3.8, 4) is 28.4 Å². The number of aliphatic hydroxyl groups excluding tert-OH is 2. The fourth-order valence-corrected chi connectivity index (χ4v) is 4.81. The second-order valence-corrected chi connectivity index (χ2v) is 10.5. The summed E-state index contributed by atoms with van der Waals surface area (Å²) in [5, 5.41) is 28.7. The number of aliphatic hydroxyl groups is 2. The molecule has 0 amide bonds. The summed E-state index contributed by atoms with van der Waals surface area (Å²) in [4.78, 5) is 13.3. The highest BCUT2D eigenvalue weighted by molar-refractivity contribution is 6.39. The molecule has 12 heteroatoms. The molecule has 0 aliphatic rings. The zero-order valence-corrected chi connectivity index (χ0v) is 25.0. The van der Waals surface area contributed by atoms with E-state index in [4.69, 9.17) is 27.9 Å². The highest BCUT2D eigenvalue weighted by atomic mass is 35.5. The van der Waals surface area contributed by atoms with Crippen LogP contribution in [0.1, 0.15) is 25.0 Å². The number of pyridine rings is 3. The van der Waals surface area contributed by atoms with Crippen LogP contribution in [0.15, 0.2) is 54.9 Å². The Bertz CT molecular complexity index is 1520. The van der Waals surface area contributed by atoms with Crippen molar-refractivity contribution in [1.29, 1.82) is 0 Å². The summed E-state index contributed by atoms with van der Waals surface area (Å²) in [5.74, 6) is -0.0839. The van der Waals surface area contributed by atoms with Gasteiger partial charge in [0.25, 0.3) is 0 Å². The molecule has 5 N–H and O–H groups in total. The van der Waals surface area contributed by atoms with E-state index < -0.39 is 18.0 Å². The molecule has 0 aliphatic heterocycles. The minimum atomic E-state index is -0.547. The molecule has 0 unspecified atom stereocenters. The fourth-order valence-electron chi connectivity index (χ4n) is 4.24. The highest BCUT2D eigenvalue weighted by Gasteiger charge is 2.19. The Kier molecular flexibility index (Phi) is 11.0. The smallest absolute Gasteiger partial charge is 0.218 e. The van der Waals surface area contributed by atoms with Crippen LogP contribution >= 0.6 is 23.2 Å². The predicted molar refractivity (Wildman–Crippen MR) is 164 cm³/mol. The summed E-state index contributed by atoms with van der Waals surface area (Å²) in [7, 11) is 1.54. The van der Waals surface area contributed by atoms with Gasteiger partial charge in [0.15, 0.2) is 11.6 Å². The van der Waals surface area contributed by atoms with Crippen LogP contribution < -0.4 is 20.7 Å². The van der Waals surface area contributed by atoms with Gasteiger partial charge in [-0.1, -0.05) is 41.4 Å². The van der Waals surface area contributed by atoms with E-state index in [1.54, 1.807) is 57.5 Å². The number of aromatic nitrogens is 3. The molecule has 4 rings (SSSR count). The molecule has 2 atom stereocenters. The first-order valence-electron chi connectivity index (χ1n) is 13.3. The number of hydrogen-bond acceptors (Lipinski definition) is 9. The molecule has 0 saturated heterocycles. The molecule has 42 heavy (non-hydrogen) atoms. The first-order chi connectivity index (χ1) is 20.2. The maximum absolute atomic E-state index is 15.2. The van der Waals surface area contributed by atoms with E-state index in [0.29, 0.717) is 64.3 Å². The van der Waals surface area contributed by atoms with Gasteiger partial charge in [-0.05, 0) is 38.1 Å². The zero-order chi connectivity index (χ0) is 30.2. The van der Waals surface area contributed by atoms with Crippen LogP contribution in [-0.2, 0) is 13.1 Å². The number of rotatable bonds is 13. The van der Waals surface area contributed by atoms with Gasteiger partial charge in [-0.25, -0.2) is 14.4 Å². The number of methoxy groups -OCH3 is 1. The van der Waals surface area contributed by atoms with Crippen LogP contribution in [0.5, 0.6) is 5.88 Å². The van der Waals surface area contributed by atoms with Crippen molar-refractivity contribution >= 4 is 34.7 Å². The minimum Gasteiger partial charge on any atom is -0.481 e. The molecule has 0 spiro atoms. The predicted octanol–water partition coefficient (Wildman–Crippen LogP) is 5.34. The Labute approximate surface area is 254 Å². The fraction of sp³-hybridized carbons (Fsp3) is 0.300. The second-order valence-electron chi connectivity index (χ2n) is 9.77. The Hall–Kier alpha value is -3.38. The van der Waals surface area contributed by atoms with Crippen LogP contribution in [0.25, 0.3) is 22.5 Å². The maximum Gasteiger partial charge on any atom is 0.218 e. The van der Waals surface area contributed by atoms with E-state index in [9.17, 15) is 10.2 Å². The third kappa shape index (κ3) is 7.71. The van der Waals surface area contributed by atoms with E-state index >= 15 is 4.39 Å². The molecule has 222 valence electrons. The molecule has 0 saturated carbocycles. The Morgan fingerprint density at radius 3 is 2.24 bits per heavy atom. The number of halogens is 3. The molecule has 3 heterocycles. The van der Waals surface area contributed by atoms with Gasteiger partial charge in [0, 0.05) is 60.8 Å². The molecule has 0 fully saturated rings. The highest BCUT2D eigenvalue weighted by Crippen LogP contribution is 2.40. The van der Waals surface area contributed by atoms with Crippen LogP contribution in [0, 0.1) is 5.82 Å². The van der Waals surface area contributed by atoms with Gasteiger partial charge in [-0.2, -0.15) is 0 Å². The van der Waals surface area contributed by atoms with Crippen molar-refractivity contribution in [2.75, 3.05) is 25.5 Å². The average molecular weight is 616 g/mol. The molecule has 0 aliphatic carbocycles. The van der Waals surface area contributed by atoms with E-state index in [0.717, 1.165) is 5.56 Å². The first-order valence-corrected chi connectivity index (χ1v) is 14.1. The van der Waals surface area contributed by atoms with Gasteiger partial charge in [0.05, 0.1) is 46.4 Å². The van der Waals surface area contributed by atoms with Crippen LogP contribution in [0.3, 0.4) is 0 Å². The number of anilines is 2. The number of nitrogens with zero attached hydrogens (tertiary/aromatic N) is 3. The SMILES string of the molecule is COc1nc(-c2ccnc(-c3cccc(Nc4nccc(CNC[C@@H](C)O)c4F)c3Cl)c2Cl)ccc1CNC[C@H](C)O. The monoisotopic (exact) mass is 614 g/mol. The molecular formula is C30H33Cl2FN6O3. The lowest BCUT2D eigenvalue weighted by Gasteiger charge is -2.15. The topological polar surface area (TPSA) is 124 Å². The molecule has 0 radical (unpaired) electrons. The van der Waals surface area contributed by atoms with E-state index in [-0.39, 0.29) is 17.4 Å². The zero-order valence-electron chi connectivity index (χ0n) is 23.5. The number of ether oxygens (including phenoxy) is 1. The molecule has 1 aromatic carbocycles. The average Bonchev–Trinajstić information content (AvgIpc) is 2.96. The number of benzene rings is 1. The first kappa shape index (κ1) is 31.6. The van der Waals surface area contributed by atoms with Gasteiger partial charge in [-0.15, -0.1) is 0 Å². The van der Waals surface area contributed by atoms with Gasteiger partial charge in [-0.3, -0.25) is 4.98 Å². The van der Waals surface area contributed by atoms with Crippen molar-refractivity contribution in [2.45, 2.75) is 39.1 Å². The minimum absolute atomic E-state index is 0.0116.